The van der Waals surface area contributed by atoms with Crippen LogP contribution in [0.2, 0.25) is 0 Å². The van der Waals surface area contributed by atoms with Gasteiger partial charge < -0.3 is 14.4 Å². The molecule has 4 nitrogen and oxygen atoms in total. The van der Waals surface area contributed by atoms with Crippen LogP contribution < -0.4 is 4.65 Å². The van der Waals surface area contributed by atoms with Gasteiger partial charge in [-0.15, -0.1) is 0 Å². The summed E-state index contributed by atoms with van der Waals surface area (Å²) in [5.41, 5.74) is 0.573. The molecule has 1 N–H and O–H groups in total. The largest absolute Gasteiger partial charge is 0.537 e. The van der Waals surface area contributed by atoms with Crippen molar-refractivity contribution in [2.24, 2.45) is 0 Å². The Morgan fingerprint density at radius 1 is 1.56 bits per heavy atom. The van der Waals surface area contributed by atoms with Crippen LogP contribution in [0, 0.1) is 5.82 Å². The molecule has 0 aliphatic heterocycles. The van der Waals surface area contributed by atoms with Gasteiger partial charge in [0.25, 0.3) is 0 Å². The number of carbonyl (C=O) groups is 1. The summed E-state index contributed by atoms with van der Waals surface area (Å²) in [7, 11) is -0.611. The fourth-order valence-corrected chi connectivity index (χ4v) is 1.22. The van der Waals surface area contributed by atoms with E-state index in [-0.39, 0.29) is 18.1 Å². The predicted molar refractivity (Wildman–Crippen MR) is 56.7 cm³/mol. The standard InChI is InChI=1S/C10H12BFO4/c1-2-15-10(13)6-7-3-4-8(12)9(5-7)16-11-14/h3-5,11,14H,2,6H2,1H3. The number of hydrogen-bond acceptors (Lipinski definition) is 4. The van der Waals surface area contributed by atoms with Crippen LogP contribution in [-0.4, -0.2) is 25.3 Å². The molecule has 0 unspecified atom stereocenters. The van der Waals surface area contributed by atoms with Crippen LogP contribution in [0.4, 0.5) is 4.39 Å². The molecule has 0 heterocycles. The molecule has 6 heteroatoms. The van der Waals surface area contributed by atoms with E-state index in [4.69, 9.17) is 9.76 Å². The van der Waals surface area contributed by atoms with Crippen LogP contribution in [0.15, 0.2) is 18.2 Å². The van der Waals surface area contributed by atoms with E-state index in [1.165, 1.54) is 18.2 Å². The number of carbonyl (C=O) groups excluding carboxylic acids is 1. The predicted octanol–water partition coefficient (Wildman–Crippen LogP) is 0.569. The third-order valence-electron chi connectivity index (χ3n) is 1.87. The van der Waals surface area contributed by atoms with Crippen LogP contribution >= 0.6 is 0 Å². The summed E-state index contributed by atoms with van der Waals surface area (Å²) >= 11 is 0. The summed E-state index contributed by atoms with van der Waals surface area (Å²) in [4.78, 5) is 11.2. The third-order valence-corrected chi connectivity index (χ3v) is 1.87. The van der Waals surface area contributed by atoms with Crippen LogP contribution in [0.25, 0.3) is 0 Å². The van der Waals surface area contributed by atoms with Gasteiger partial charge in [0.2, 0.25) is 0 Å². The molecule has 0 aliphatic rings. The minimum atomic E-state index is -0.611. The maximum Gasteiger partial charge on any atom is 0.504 e. The number of halogens is 1. The number of ether oxygens (including phenoxy) is 1. The number of benzene rings is 1. The summed E-state index contributed by atoms with van der Waals surface area (Å²) in [6.07, 6.45) is 0.0515. The molecule has 0 saturated carbocycles. The van der Waals surface area contributed by atoms with Crippen LogP contribution in [0.1, 0.15) is 12.5 Å². The molecule has 0 saturated heterocycles. The molecule has 0 amide bonds. The number of esters is 1. The van der Waals surface area contributed by atoms with Gasteiger partial charge in [0.15, 0.2) is 5.82 Å². The third kappa shape index (κ3) is 3.54. The Labute approximate surface area is 93.3 Å². The maximum absolute atomic E-state index is 13.1. The zero-order chi connectivity index (χ0) is 12.0. The van der Waals surface area contributed by atoms with Gasteiger partial charge in [-0.05, 0) is 24.6 Å². The number of hydrogen-bond donors (Lipinski definition) is 1. The van der Waals surface area contributed by atoms with Gasteiger partial charge in [0, 0.05) is 0 Å². The van der Waals surface area contributed by atoms with Gasteiger partial charge in [-0.25, -0.2) is 4.39 Å². The average Bonchev–Trinajstić information content (AvgIpc) is 2.24. The van der Waals surface area contributed by atoms with Gasteiger partial charge in [0.05, 0.1) is 13.0 Å². The van der Waals surface area contributed by atoms with E-state index in [0.717, 1.165) is 0 Å². The zero-order valence-corrected chi connectivity index (χ0v) is 8.90. The van der Waals surface area contributed by atoms with Gasteiger partial charge in [0.1, 0.15) is 5.75 Å². The topological polar surface area (TPSA) is 55.8 Å². The lowest BCUT2D eigenvalue weighted by molar-refractivity contribution is -0.142. The highest BCUT2D eigenvalue weighted by Gasteiger charge is 2.08. The molecule has 86 valence electrons. The van der Waals surface area contributed by atoms with E-state index in [2.05, 4.69) is 4.65 Å². The van der Waals surface area contributed by atoms with Crippen molar-refractivity contribution in [1.82, 2.24) is 0 Å². The molecule has 0 aromatic heterocycles. The van der Waals surface area contributed by atoms with Gasteiger partial charge in [-0.2, -0.15) is 0 Å². The van der Waals surface area contributed by atoms with Crippen LogP contribution in [-0.2, 0) is 16.0 Å². The summed E-state index contributed by atoms with van der Waals surface area (Å²) in [6.45, 7) is 2.02. The minimum Gasteiger partial charge on any atom is -0.537 e. The van der Waals surface area contributed by atoms with Crippen molar-refractivity contribution in [1.29, 1.82) is 0 Å². The Kier molecular flexibility index (Phi) is 4.79. The van der Waals surface area contributed by atoms with Gasteiger partial charge >= 0.3 is 13.7 Å². The van der Waals surface area contributed by atoms with E-state index in [1.807, 2.05) is 0 Å². The Bertz CT molecular complexity index is 370. The first-order valence-electron chi connectivity index (χ1n) is 4.85. The first-order valence-corrected chi connectivity index (χ1v) is 4.85. The lowest BCUT2D eigenvalue weighted by Crippen LogP contribution is -2.08. The molecule has 0 bridgehead atoms. The first-order chi connectivity index (χ1) is 7.67. The minimum absolute atomic E-state index is 0.0515. The molecule has 0 atom stereocenters. The molecule has 0 aliphatic carbocycles. The first kappa shape index (κ1) is 12.5. The molecule has 16 heavy (non-hydrogen) atoms. The van der Waals surface area contributed by atoms with Crippen LogP contribution in [0.5, 0.6) is 5.75 Å². The van der Waals surface area contributed by atoms with Crippen molar-refractivity contribution in [3.05, 3.63) is 29.6 Å². The van der Waals surface area contributed by atoms with Crippen molar-refractivity contribution in [3.63, 3.8) is 0 Å². The second-order valence-electron chi connectivity index (χ2n) is 3.02. The Hall–Kier alpha value is -1.56. The smallest absolute Gasteiger partial charge is 0.504 e. The second-order valence-corrected chi connectivity index (χ2v) is 3.02. The van der Waals surface area contributed by atoms with E-state index < -0.39 is 13.5 Å². The van der Waals surface area contributed by atoms with Gasteiger partial charge in [-0.3, -0.25) is 4.79 Å². The lowest BCUT2D eigenvalue weighted by Gasteiger charge is -2.06. The molecule has 0 spiro atoms. The van der Waals surface area contributed by atoms with Crippen molar-refractivity contribution >= 4 is 13.7 Å². The summed E-state index contributed by atoms with van der Waals surface area (Å²) < 4.78 is 22.5. The summed E-state index contributed by atoms with van der Waals surface area (Å²) in [6, 6.07) is 4.01. The summed E-state index contributed by atoms with van der Waals surface area (Å²) in [5.74, 6) is -1.05. The number of rotatable bonds is 5. The van der Waals surface area contributed by atoms with E-state index in [9.17, 15) is 9.18 Å². The van der Waals surface area contributed by atoms with E-state index in [1.54, 1.807) is 6.92 Å². The van der Waals surface area contributed by atoms with E-state index in [0.29, 0.717) is 12.2 Å². The quantitative estimate of drug-likeness (QED) is 0.589. The van der Waals surface area contributed by atoms with Crippen molar-refractivity contribution in [3.8, 4) is 5.75 Å². The molecular formula is C10H12BFO4. The fourth-order valence-electron chi connectivity index (χ4n) is 1.22. The Morgan fingerprint density at radius 2 is 2.31 bits per heavy atom. The lowest BCUT2D eigenvalue weighted by atomic mass is 10.1. The molecule has 1 aromatic rings. The van der Waals surface area contributed by atoms with Gasteiger partial charge in [-0.1, -0.05) is 6.07 Å². The Balaban J connectivity index is 2.74. The highest BCUT2D eigenvalue weighted by molar-refractivity contribution is 6.17. The molecule has 1 aromatic carbocycles. The van der Waals surface area contributed by atoms with Crippen molar-refractivity contribution < 1.29 is 23.6 Å². The maximum atomic E-state index is 13.1. The average molecular weight is 226 g/mol. The van der Waals surface area contributed by atoms with Crippen LogP contribution in [0.3, 0.4) is 0 Å². The monoisotopic (exact) mass is 226 g/mol. The molecule has 0 fully saturated rings. The Morgan fingerprint density at radius 3 is 2.94 bits per heavy atom. The molecular weight excluding hydrogens is 214 g/mol. The second kappa shape index (κ2) is 6.12. The SMILES string of the molecule is CCOC(=O)Cc1ccc(F)c(OBO)c1. The zero-order valence-electron chi connectivity index (χ0n) is 8.90. The summed E-state index contributed by atoms with van der Waals surface area (Å²) in [5, 5.41) is 8.52. The van der Waals surface area contributed by atoms with Crippen molar-refractivity contribution in [2.75, 3.05) is 6.61 Å². The highest BCUT2D eigenvalue weighted by Crippen LogP contribution is 2.18. The van der Waals surface area contributed by atoms with E-state index >= 15 is 0 Å². The molecule has 0 radical (unpaired) electrons. The highest BCUT2D eigenvalue weighted by atomic mass is 19.1. The fraction of sp³-hybridized carbons (Fsp3) is 0.300. The normalized spacial score (nSPS) is 9.69. The van der Waals surface area contributed by atoms with Crippen molar-refractivity contribution in [2.45, 2.75) is 13.3 Å². The molecule has 1 rings (SSSR count).